The van der Waals surface area contributed by atoms with Gasteiger partial charge in [-0.25, -0.2) is 4.79 Å². The summed E-state index contributed by atoms with van der Waals surface area (Å²) < 4.78 is 1.61. The number of nitrogens with one attached hydrogen (secondary N) is 1. The minimum Gasteiger partial charge on any atom is -0.479 e. The van der Waals surface area contributed by atoms with Crippen LogP contribution in [0.2, 0.25) is 0 Å². The quantitative estimate of drug-likeness (QED) is 0.813. The Kier molecular flexibility index (Phi) is 4.50. The molecular weight excluding hydrogens is 270 g/mol. The van der Waals surface area contributed by atoms with Gasteiger partial charge in [-0.3, -0.25) is 9.48 Å². The Morgan fingerprint density at radius 2 is 2.05 bits per heavy atom. The van der Waals surface area contributed by atoms with Gasteiger partial charge >= 0.3 is 5.97 Å². The van der Waals surface area contributed by atoms with E-state index in [1.807, 2.05) is 0 Å². The molecule has 1 atom stereocenters. The van der Waals surface area contributed by atoms with Gasteiger partial charge in [0.05, 0.1) is 6.20 Å². The van der Waals surface area contributed by atoms with Crippen molar-refractivity contribution < 1.29 is 14.7 Å². The van der Waals surface area contributed by atoms with Crippen molar-refractivity contribution in [1.82, 2.24) is 15.1 Å². The van der Waals surface area contributed by atoms with Gasteiger partial charge < -0.3 is 10.4 Å². The number of aryl methyl sites for hydroxylation is 1. The van der Waals surface area contributed by atoms with Crippen LogP contribution in [0.25, 0.3) is 6.08 Å². The van der Waals surface area contributed by atoms with Crippen molar-refractivity contribution in [3.05, 3.63) is 59.9 Å². The fraction of sp³-hybridized carbons (Fsp3) is 0.133. The van der Waals surface area contributed by atoms with Crippen LogP contribution in [0, 0.1) is 0 Å². The molecule has 0 saturated heterocycles. The van der Waals surface area contributed by atoms with Gasteiger partial charge in [0.15, 0.2) is 6.04 Å². The van der Waals surface area contributed by atoms with E-state index in [4.69, 9.17) is 0 Å². The van der Waals surface area contributed by atoms with Gasteiger partial charge in [-0.15, -0.1) is 0 Å². The van der Waals surface area contributed by atoms with Crippen LogP contribution in [0.15, 0.2) is 48.8 Å². The molecule has 108 valence electrons. The number of benzene rings is 1. The number of aliphatic carboxylic acids is 1. The predicted octanol–water partition coefficient (Wildman–Crippen LogP) is 1.38. The minimum atomic E-state index is -1.11. The van der Waals surface area contributed by atoms with Crippen molar-refractivity contribution in [3.8, 4) is 0 Å². The first-order valence-corrected chi connectivity index (χ1v) is 6.31. The smallest absolute Gasteiger partial charge is 0.330 e. The Bertz CT molecular complexity index is 662. The SMILES string of the molecule is Cn1cc(/C=C/C(=O)NC(C(=O)O)c2ccccc2)cn1. The molecule has 2 aromatic rings. The van der Waals surface area contributed by atoms with E-state index in [0.29, 0.717) is 5.56 Å². The van der Waals surface area contributed by atoms with Crippen molar-refractivity contribution >= 4 is 18.0 Å². The maximum Gasteiger partial charge on any atom is 0.330 e. The highest BCUT2D eigenvalue weighted by Gasteiger charge is 2.20. The second-order valence-electron chi connectivity index (χ2n) is 4.47. The molecule has 1 heterocycles. The number of hydrogen-bond donors (Lipinski definition) is 2. The van der Waals surface area contributed by atoms with Crippen LogP contribution >= 0.6 is 0 Å². The zero-order valence-electron chi connectivity index (χ0n) is 11.4. The first-order valence-electron chi connectivity index (χ1n) is 6.31. The summed E-state index contributed by atoms with van der Waals surface area (Å²) in [4.78, 5) is 23.1. The Morgan fingerprint density at radius 3 is 2.62 bits per heavy atom. The zero-order valence-corrected chi connectivity index (χ0v) is 11.4. The molecule has 0 radical (unpaired) electrons. The topological polar surface area (TPSA) is 84.2 Å². The molecule has 6 heteroatoms. The Morgan fingerprint density at radius 1 is 1.33 bits per heavy atom. The maximum absolute atomic E-state index is 11.8. The van der Waals surface area contributed by atoms with Gasteiger partial charge in [-0.05, 0) is 11.6 Å². The highest BCUT2D eigenvalue weighted by molar-refractivity contribution is 5.94. The molecule has 0 saturated carbocycles. The van der Waals surface area contributed by atoms with Crippen molar-refractivity contribution in [1.29, 1.82) is 0 Å². The second kappa shape index (κ2) is 6.51. The van der Waals surface area contributed by atoms with Crippen LogP contribution < -0.4 is 5.32 Å². The van der Waals surface area contributed by atoms with Crippen molar-refractivity contribution in [2.24, 2.45) is 7.05 Å². The molecule has 21 heavy (non-hydrogen) atoms. The van der Waals surface area contributed by atoms with Gasteiger partial charge in [0, 0.05) is 24.9 Å². The number of nitrogens with zero attached hydrogens (tertiary/aromatic N) is 2. The third-order valence-electron chi connectivity index (χ3n) is 2.82. The summed E-state index contributed by atoms with van der Waals surface area (Å²) in [5.41, 5.74) is 1.28. The fourth-order valence-corrected chi connectivity index (χ4v) is 1.82. The molecule has 2 N–H and O–H groups in total. The minimum absolute atomic E-state index is 0.477. The largest absolute Gasteiger partial charge is 0.479 e. The summed E-state index contributed by atoms with van der Waals surface area (Å²) >= 11 is 0. The Labute approximate surface area is 121 Å². The van der Waals surface area contributed by atoms with E-state index in [1.54, 1.807) is 60.5 Å². The van der Waals surface area contributed by atoms with Crippen molar-refractivity contribution in [2.75, 3.05) is 0 Å². The molecule has 6 nitrogen and oxygen atoms in total. The van der Waals surface area contributed by atoms with Gasteiger partial charge in [-0.2, -0.15) is 5.10 Å². The molecule has 1 unspecified atom stereocenters. The molecule has 1 aromatic carbocycles. The summed E-state index contributed by atoms with van der Waals surface area (Å²) in [7, 11) is 1.77. The van der Waals surface area contributed by atoms with E-state index in [9.17, 15) is 14.7 Å². The Balaban J connectivity index is 2.05. The van der Waals surface area contributed by atoms with Crippen LogP contribution in [0.4, 0.5) is 0 Å². The summed E-state index contributed by atoms with van der Waals surface area (Å²) in [6.45, 7) is 0. The number of rotatable bonds is 5. The molecule has 0 fully saturated rings. The van der Waals surface area contributed by atoms with E-state index >= 15 is 0 Å². The average molecular weight is 285 g/mol. The van der Waals surface area contributed by atoms with Crippen LogP contribution in [-0.2, 0) is 16.6 Å². The van der Waals surface area contributed by atoms with Crippen LogP contribution in [0.3, 0.4) is 0 Å². The zero-order chi connectivity index (χ0) is 15.2. The summed E-state index contributed by atoms with van der Waals surface area (Å²) in [5.74, 6) is -1.58. The molecule has 1 amide bonds. The van der Waals surface area contributed by atoms with E-state index in [1.165, 1.54) is 6.08 Å². The average Bonchev–Trinajstić information content (AvgIpc) is 2.89. The van der Waals surface area contributed by atoms with E-state index in [2.05, 4.69) is 10.4 Å². The number of hydrogen-bond acceptors (Lipinski definition) is 3. The summed E-state index contributed by atoms with van der Waals surface area (Å²) in [6.07, 6.45) is 6.22. The summed E-state index contributed by atoms with van der Waals surface area (Å²) in [5, 5.41) is 15.6. The number of carbonyl (C=O) groups is 2. The number of amides is 1. The van der Waals surface area contributed by atoms with Crippen LogP contribution in [0.1, 0.15) is 17.2 Å². The van der Waals surface area contributed by atoms with Gasteiger partial charge in [0.2, 0.25) is 5.91 Å². The lowest BCUT2D eigenvalue weighted by atomic mass is 10.1. The van der Waals surface area contributed by atoms with E-state index in [-0.39, 0.29) is 0 Å². The number of carbonyl (C=O) groups excluding carboxylic acids is 1. The molecule has 0 aliphatic rings. The lowest BCUT2D eigenvalue weighted by molar-refractivity contribution is -0.141. The molecule has 0 spiro atoms. The molecular formula is C15H15N3O3. The second-order valence-corrected chi connectivity index (χ2v) is 4.47. The van der Waals surface area contributed by atoms with Gasteiger partial charge in [0.1, 0.15) is 0 Å². The lowest BCUT2D eigenvalue weighted by Gasteiger charge is -2.13. The predicted molar refractivity (Wildman–Crippen MR) is 77.2 cm³/mol. The first kappa shape index (κ1) is 14.5. The fourth-order valence-electron chi connectivity index (χ4n) is 1.82. The number of aromatic nitrogens is 2. The highest BCUT2D eigenvalue weighted by Crippen LogP contribution is 2.12. The number of carboxylic acids is 1. The van der Waals surface area contributed by atoms with Crippen molar-refractivity contribution in [2.45, 2.75) is 6.04 Å². The standard InChI is InChI=1S/C15H15N3O3/c1-18-10-11(9-16-18)7-8-13(19)17-14(15(20)21)12-5-3-2-4-6-12/h2-10,14H,1H3,(H,17,19)(H,20,21)/b8-7+. The molecule has 2 rings (SSSR count). The molecule has 0 aliphatic heterocycles. The monoisotopic (exact) mass is 285 g/mol. The van der Waals surface area contributed by atoms with Gasteiger partial charge in [0.25, 0.3) is 0 Å². The third kappa shape index (κ3) is 4.04. The summed E-state index contributed by atoms with van der Waals surface area (Å²) in [6, 6.07) is 7.48. The Hall–Kier alpha value is -2.89. The molecule has 0 bridgehead atoms. The van der Waals surface area contributed by atoms with Crippen LogP contribution in [0.5, 0.6) is 0 Å². The lowest BCUT2D eigenvalue weighted by Crippen LogP contribution is -2.32. The van der Waals surface area contributed by atoms with E-state index < -0.39 is 17.9 Å². The van der Waals surface area contributed by atoms with Gasteiger partial charge in [-0.1, -0.05) is 30.3 Å². The first-order chi connectivity index (χ1) is 10.1. The molecule has 1 aromatic heterocycles. The molecule has 0 aliphatic carbocycles. The van der Waals surface area contributed by atoms with Crippen LogP contribution in [-0.4, -0.2) is 26.8 Å². The van der Waals surface area contributed by atoms with Crippen molar-refractivity contribution in [3.63, 3.8) is 0 Å². The maximum atomic E-state index is 11.8. The van der Waals surface area contributed by atoms with E-state index in [0.717, 1.165) is 5.56 Å². The number of carboxylic acid groups (broad SMARTS) is 1. The highest BCUT2D eigenvalue weighted by atomic mass is 16.4. The normalized spacial score (nSPS) is 12.2. The third-order valence-corrected chi connectivity index (χ3v) is 2.82.